The van der Waals surface area contributed by atoms with E-state index in [1.807, 2.05) is 0 Å². The van der Waals surface area contributed by atoms with Crippen LogP contribution in [0.3, 0.4) is 0 Å². The van der Waals surface area contributed by atoms with Crippen LogP contribution in [0.15, 0.2) is 54.6 Å². The molecule has 0 saturated heterocycles. The molecule has 0 aromatic heterocycles. The van der Waals surface area contributed by atoms with Crippen LogP contribution in [-0.2, 0) is 22.4 Å². The minimum absolute atomic E-state index is 0.0207. The Kier molecular flexibility index (Phi) is 6.56. The molecule has 0 aliphatic heterocycles. The van der Waals surface area contributed by atoms with Gasteiger partial charge in [-0.05, 0) is 34.7 Å². The van der Waals surface area contributed by atoms with Gasteiger partial charge in [-0.1, -0.05) is 42.5 Å². The van der Waals surface area contributed by atoms with E-state index in [-0.39, 0.29) is 17.9 Å². The van der Waals surface area contributed by atoms with Crippen molar-refractivity contribution in [2.24, 2.45) is 5.73 Å². The summed E-state index contributed by atoms with van der Waals surface area (Å²) in [6, 6.07) is 10.4. The molecule has 0 heterocycles. The van der Waals surface area contributed by atoms with Gasteiger partial charge in [-0.25, -0.2) is 19.3 Å². The Bertz CT molecular complexity index is 814. The monoisotopic (exact) mass is 375 g/mol. The molecule has 0 fully saturated rings. The van der Waals surface area contributed by atoms with Crippen LogP contribution in [0, 0.1) is 15.9 Å². The number of carbonyl (C=O) groups excluding carboxylic acids is 1. The fraction of sp³-hybridized carbons (Fsp3) is 0.222. The molecule has 2 aromatic rings. The Balaban J connectivity index is 2.22. The molecule has 0 saturated carbocycles. The molecule has 2 atom stereocenters. The van der Waals surface area contributed by atoms with Crippen molar-refractivity contribution in [2.75, 3.05) is 0 Å². The molecule has 1 amide bonds. The topological polar surface area (TPSA) is 127 Å². The summed E-state index contributed by atoms with van der Waals surface area (Å²) in [5.41, 5.74) is 6.82. The lowest BCUT2D eigenvalue weighted by molar-refractivity contribution is -0.640. The fourth-order valence-electron chi connectivity index (χ4n) is 2.60. The van der Waals surface area contributed by atoms with Crippen molar-refractivity contribution in [3.05, 3.63) is 81.7 Å². The third-order valence-corrected chi connectivity index (χ3v) is 3.94. The van der Waals surface area contributed by atoms with Crippen molar-refractivity contribution in [1.29, 1.82) is 0 Å². The van der Waals surface area contributed by atoms with Gasteiger partial charge in [0.1, 0.15) is 5.82 Å². The summed E-state index contributed by atoms with van der Waals surface area (Å²) in [5, 5.41) is 19.8. The van der Waals surface area contributed by atoms with E-state index in [1.165, 1.54) is 12.1 Å². The molecule has 0 bridgehead atoms. The molecule has 0 aliphatic carbocycles. The average Bonchev–Trinajstić information content (AvgIpc) is 2.63. The van der Waals surface area contributed by atoms with E-state index in [0.29, 0.717) is 11.1 Å². The number of hydrogen-bond acceptors (Lipinski definition) is 5. The molecule has 0 spiro atoms. The van der Waals surface area contributed by atoms with Gasteiger partial charge in [0, 0.05) is 6.42 Å². The number of carboxylic acids is 1. The van der Waals surface area contributed by atoms with Crippen LogP contribution in [0.25, 0.3) is 0 Å². The highest BCUT2D eigenvalue weighted by molar-refractivity contribution is 5.86. The molecule has 2 rings (SSSR count). The van der Waals surface area contributed by atoms with Gasteiger partial charge in [0.15, 0.2) is 11.1 Å². The minimum atomic E-state index is -1.78. The minimum Gasteiger partial charge on any atom is -0.480 e. The largest absolute Gasteiger partial charge is 0.480 e. The number of halogens is 1. The number of nitrogens with zero attached hydrogens (tertiary/aromatic N) is 2. The van der Waals surface area contributed by atoms with E-state index in [9.17, 15) is 29.2 Å². The highest BCUT2D eigenvalue weighted by Gasteiger charge is 2.41. The van der Waals surface area contributed by atoms with E-state index < -0.39 is 34.8 Å². The molecule has 0 aliphatic rings. The second-order valence-electron chi connectivity index (χ2n) is 5.90. The zero-order chi connectivity index (χ0) is 20.0. The Morgan fingerprint density at radius 1 is 1.07 bits per heavy atom. The molecule has 27 heavy (non-hydrogen) atoms. The maximum Gasteiger partial charge on any atom is 0.333 e. The first kappa shape index (κ1) is 20.0. The fourth-order valence-corrected chi connectivity index (χ4v) is 2.60. The Labute approximate surface area is 154 Å². The Morgan fingerprint density at radius 2 is 1.63 bits per heavy atom. The van der Waals surface area contributed by atoms with E-state index in [0.717, 1.165) is 12.1 Å². The Morgan fingerprint density at radius 3 is 2.15 bits per heavy atom. The van der Waals surface area contributed by atoms with Gasteiger partial charge < -0.3 is 10.8 Å². The van der Waals surface area contributed by atoms with Crippen LogP contribution in [0.2, 0.25) is 0 Å². The average molecular weight is 375 g/mol. The number of hydrogen-bond donors (Lipinski definition) is 2. The van der Waals surface area contributed by atoms with E-state index in [1.54, 1.807) is 30.3 Å². The van der Waals surface area contributed by atoms with Gasteiger partial charge in [-0.2, -0.15) is 0 Å². The van der Waals surface area contributed by atoms with Gasteiger partial charge >= 0.3 is 11.9 Å². The number of amides is 1. The SMILES string of the molecule is N[C@@H](Cc1ccccc1)C(=O)N([C@@H](Cc1ccc(F)cc1)C(=O)O)[N+](=O)[O-]. The number of nitrogens with two attached hydrogens (primary N) is 1. The third-order valence-electron chi connectivity index (χ3n) is 3.94. The van der Waals surface area contributed by atoms with Crippen LogP contribution < -0.4 is 5.73 Å². The molecule has 142 valence electrons. The van der Waals surface area contributed by atoms with Crippen LogP contribution >= 0.6 is 0 Å². The number of hydrazine groups is 1. The van der Waals surface area contributed by atoms with Crippen LogP contribution in [0.5, 0.6) is 0 Å². The number of carbonyl (C=O) groups is 2. The quantitative estimate of drug-likeness (QED) is 0.531. The molecule has 8 nitrogen and oxygen atoms in total. The second-order valence-corrected chi connectivity index (χ2v) is 5.90. The van der Waals surface area contributed by atoms with Crippen molar-refractivity contribution >= 4 is 11.9 Å². The first-order valence-electron chi connectivity index (χ1n) is 8.03. The Hall–Kier alpha value is -3.33. The summed E-state index contributed by atoms with van der Waals surface area (Å²) >= 11 is 0. The molecule has 3 N–H and O–H groups in total. The normalized spacial score (nSPS) is 12.8. The molecule has 0 radical (unpaired) electrons. The molecular weight excluding hydrogens is 357 g/mol. The van der Waals surface area contributed by atoms with Crippen LogP contribution in [0.4, 0.5) is 4.39 Å². The number of carboxylic acid groups (broad SMARTS) is 1. The first-order chi connectivity index (χ1) is 12.8. The number of rotatable bonds is 8. The van der Waals surface area contributed by atoms with Crippen molar-refractivity contribution in [2.45, 2.75) is 24.9 Å². The molecule has 2 aromatic carbocycles. The van der Waals surface area contributed by atoms with Crippen molar-refractivity contribution in [1.82, 2.24) is 5.01 Å². The third kappa shape index (κ3) is 5.32. The van der Waals surface area contributed by atoms with Gasteiger partial charge in [0.2, 0.25) is 0 Å². The molecular formula is C18H18FN3O5. The summed E-state index contributed by atoms with van der Waals surface area (Å²) in [6.07, 6.45) is -0.340. The smallest absolute Gasteiger partial charge is 0.333 e. The van der Waals surface area contributed by atoms with Gasteiger partial charge in [0.05, 0.1) is 6.04 Å². The maximum absolute atomic E-state index is 13.0. The maximum atomic E-state index is 13.0. The summed E-state index contributed by atoms with van der Waals surface area (Å²) in [4.78, 5) is 35.5. The summed E-state index contributed by atoms with van der Waals surface area (Å²) in [6.45, 7) is 0. The van der Waals surface area contributed by atoms with Crippen LogP contribution in [-0.4, -0.2) is 39.1 Å². The zero-order valence-electron chi connectivity index (χ0n) is 14.2. The predicted molar refractivity (Wildman–Crippen MR) is 93.5 cm³/mol. The summed E-state index contributed by atoms with van der Waals surface area (Å²) in [7, 11) is 0. The van der Waals surface area contributed by atoms with Gasteiger partial charge in [-0.15, -0.1) is 0 Å². The van der Waals surface area contributed by atoms with Crippen molar-refractivity contribution < 1.29 is 24.1 Å². The molecule has 9 heteroatoms. The highest BCUT2D eigenvalue weighted by Crippen LogP contribution is 2.14. The van der Waals surface area contributed by atoms with Crippen molar-refractivity contribution in [3.8, 4) is 0 Å². The second kappa shape index (κ2) is 8.86. The standard InChI is InChI=1S/C18H18FN3O5/c19-14-8-6-13(7-9-14)11-16(18(24)25)21(22(26)27)17(23)15(20)10-12-4-2-1-3-5-12/h1-9,15-16H,10-11,20H2,(H,24,25)/t15-,16-/m0/s1. The highest BCUT2D eigenvalue weighted by atomic mass is 19.1. The number of nitro groups is 1. The molecule has 0 unspecified atom stereocenters. The van der Waals surface area contributed by atoms with E-state index in [2.05, 4.69) is 0 Å². The lowest BCUT2D eigenvalue weighted by atomic mass is 10.0. The lowest BCUT2D eigenvalue weighted by Gasteiger charge is -2.22. The van der Waals surface area contributed by atoms with Gasteiger partial charge in [0.25, 0.3) is 0 Å². The van der Waals surface area contributed by atoms with E-state index in [4.69, 9.17) is 5.73 Å². The predicted octanol–water partition coefficient (Wildman–Crippen LogP) is 1.41. The number of benzene rings is 2. The first-order valence-corrected chi connectivity index (χ1v) is 8.03. The van der Waals surface area contributed by atoms with Crippen molar-refractivity contribution in [3.63, 3.8) is 0 Å². The number of aliphatic carboxylic acids is 1. The van der Waals surface area contributed by atoms with Crippen LogP contribution in [0.1, 0.15) is 11.1 Å². The van der Waals surface area contributed by atoms with E-state index >= 15 is 0 Å². The van der Waals surface area contributed by atoms with Gasteiger partial charge in [-0.3, -0.25) is 4.79 Å². The summed E-state index contributed by atoms with van der Waals surface area (Å²) in [5.74, 6) is -3.20. The summed E-state index contributed by atoms with van der Waals surface area (Å²) < 4.78 is 13.0. The zero-order valence-corrected chi connectivity index (χ0v) is 14.2. The lowest BCUT2D eigenvalue weighted by Crippen LogP contribution is -2.55.